The molecule has 0 saturated carbocycles. The number of carbonyl (C=O) groups is 2. The molecule has 0 radical (unpaired) electrons. The van der Waals surface area contributed by atoms with Gasteiger partial charge < -0.3 is 12.4 Å². The van der Waals surface area contributed by atoms with Gasteiger partial charge >= 0.3 is 0 Å². The Morgan fingerprint density at radius 1 is 0.923 bits per heavy atom. The van der Waals surface area contributed by atoms with Gasteiger partial charge in [-0.15, -0.1) is 9.36 Å². The first-order valence-corrected chi connectivity index (χ1v) is 9.38. The van der Waals surface area contributed by atoms with E-state index in [0.29, 0.717) is 35.6 Å². The van der Waals surface area contributed by atoms with Gasteiger partial charge in [-0.05, 0) is 19.8 Å². The first-order chi connectivity index (χ1) is 12.2. The van der Waals surface area contributed by atoms with Crippen LogP contribution >= 0.6 is 0 Å². The van der Waals surface area contributed by atoms with Crippen LogP contribution in [0.2, 0.25) is 0 Å². The van der Waals surface area contributed by atoms with E-state index in [-0.39, 0.29) is 24.0 Å². The van der Waals surface area contributed by atoms with Crippen LogP contribution in [0.1, 0.15) is 84.5 Å². The number of ketones is 2. The Kier molecular flexibility index (Phi) is 7.09. The van der Waals surface area contributed by atoms with Gasteiger partial charge in [0.25, 0.3) is 0 Å². The van der Waals surface area contributed by atoms with Crippen molar-refractivity contribution < 1.29 is 26.7 Å². The number of carbonyl (C=O) groups excluding carboxylic acids is 2. The smallest absolute Gasteiger partial charge is 0.249 e. The highest BCUT2D eigenvalue weighted by Crippen LogP contribution is 2.25. The van der Waals surface area contributed by atoms with Crippen molar-refractivity contribution in [2.75, 3.05) is 0 Å². The fourth-order valence-corrected chi connectivity index (χ4v) is 3.47. The molecule has 1 heterocycles. The first kappa shape index (κ1) is 20.3. The molecular weight excluding hydrogens is 350 g/mol. The lowest BCUT2D eigenvalue weighted by Crippen LogP contribution is -3.00. The minimum atomic E-state index is -0.0961. The summed E-state index contributed by atoms with van der Waals surface area (Å²) in [5.41, 5.74) is 1.88. The SMILES string of the molecule is CCCCCCCC[n+]1nn(CC)c2c1C(=O)c1ccccc1C2=O.[Cl-]. The zero-order valence-electron chi connectivity index (χ0n) is 15.5. The number of nitrogens with zero attached hydrogens (tertiary/aromatic N) is 3. The van der Waals surface area contributed by atoms with Crippen molar-refractivity contribution in [2.45, 2.75) is 65.5 Å². The molecule has 0 unspecified atom stereocenters. The number of benzene rings is 1. The molecule has 0 aliphatic heterocycles. The minimum Gasteiger partial charge on any atom is -1.00 e. The number of rotatable bonds is 8. The molecule has 0 bridgehead atoms. The lowest BCUT2D eigenvalue weighted by atomic mass is 9.90. The third kappa shape index (κ3) is 3.73. The van der Waals surface area contributed by atoms with Crippen LogP contribution in [0.25, 0.3) is 0 Å². The number of hydrogen-bond acceptors (Lipinski definition) is 3. The largest absolute Gasteiger partial charge is 1.00 e. The molecule has 1 aromatic heterocycles. The fourth-order valence-electron chi connectivity index (χ4n) is 3.47. The van der Waals surface area contributed by atoms with Crippen molar-refractivity contribution in [2.24, 2.45) is 0 Å². The van der Waals surface area contributed by atoms with Crippen LogP contribution in [0.4, 0.5) is 0 Å². The monoisotopic (exact) mass is 375 g/mol. The maximum absolute atomic E-state index is 13.0. The number of unbranched alkanes of at least 4 members (excludes halogenated alkanes) is 5. The number of hydrogen-bond donors (Lipinski definition) is 0. The topological polar surface area (TPSA) is 55.8 Å². The van der Waals surface area contributed by atoms with Crippen LogP contribution in [-0.2, 0) is 13.1 Å². The van der Waals surface area contributed by atoms with E-state index in [1.807, 2.05) is 6.92 Å². The molecule has 0 N–H and O–H groups in total. The molecule has 1 aliphatic rings. The molecule has 2 aromatic rings. The van der Waals surface area contributed by atoms with E-state index in [2.05, 4.69) is 12.1 Å². The van der Waals surface area contributed by atoms with Crippen LogP contribution in [0, 0.1) is 0 Å². The lowest BCUT2D eigenvalue weighted by Gasteiger charge is -2.11. The van der Waals surface area contributed by atoms with Gasteiger partial charge in [-0.3, -0.25) is 9.59 Å². The average molecular weight is 376 g/mol. The Labute approximate surface area is 160 Å². The molecule has 0 spiro atoms. The zero-order valence-corrected chi connectivity index (χ0v) is 16.3. The molecular formula is C20H26ClN3O2. The summed E-state index contributed by atoms with van der Waals surface area (Å²) in [7, 11) is 0. The molecule has 6 heteroatoms. The molecule has 140 valence electrons. The van der Waals surface area contributed by atoms with Gasteiger partial charge in [0.2, 0.25) is 23.0 Å². The molecule has 0 amide bonds. The van der Waals surface area contributed by atoms with E-state index < -0.39 is 0 Å². The summed E-state index contributed by atoms with van der Waals surface area (Å²) in [5, 5.41) is 4.52. The van der Waals surface area contributed by atoms with Crippen molar-refractivity contribution >= 4 is 11.6 Å². The van der Waals surface area contributed by atoms with Crippen molar-refractivity contribution in [3.05, 3.63) is 46.8 Å². The number of halogens is 1. The van der Waals surface area contributed by atoms with Crippen LogP contribution in [-0.4, -0.2) is 21.5 Å². The van der Waals surface area contributed by atoms with Gasteiger partial charge in [0.05, 0.1) is 5.21 Å². The van der Waals surface area contributed by atoms with Gasteiger partial charge in [-0.25, -0.2) is 0 Å². The summed E-state index contributed by atoms with van der Waals surface area (Å²) in [6, 6.07) is 7.06. The third-order valence-electron chi connectivity index (χ3n) is 4.83. The minimum absolute atomic E-state index is 0. The predicted molar refractivity (Wildman–Crippen MR) is 94.8 cm³/mol. The Bertz CT molecular complexity index is 798. The molecule has 0 fully saturated rings. The van der Waals surface area contributed by atoms with Crippen molar-refractivity contribution in [1.82, 2.24) is 9.90 Å². The highest BCUT2D eigenvalue weighted by molar-refractivity contribution is 6.26. The standard InChI is InChI=1S/C20H26N3O2.ClH/c1-3-5-6-7-8-11-14-23-18-17(22(4-2)21-23)19(24)15-12-9-10-13-16(15)20(18)25;/h9-10,12-13H,3-8,11,14H2,1-2H3;1H/q+1;/p-1. The summed E-state index contributed by atoms with van der Waals surface area (Å²) >= 11 is 0. The highest BCUT2D eigenvalue weighted by atomic mass is 35.5. The molecule has 1 aromatic carbocycles. The molecule has 1 aliphatic carbocycles. The molecule has 0 atom stereocenters. The second-order valence-corrected chi connectivity index (χ2v) is 6.60. The van der Waals surface area contributed by atoms with Gasteiger partial charge in [0.15, 0.2) is 0 Å². The number of aryl methyl sites for hydroxylation is 2. The second kappa shape index (κ2) is 9.08. The van der Waals surface area contributed by atoms with Crippen LogP contribution in [0.5, 0.6) is 0 Å². The van der Waals surface area contributed by atoms with Crippen LogP contribution in [0.15, 0.2) is 24.3 Å². The van der Waals surface area contributed by atoms with E-state index in [1.54, 1.807) is 33.6 Å². The summed E-state index contributed by atoms with van der Waals surface area (Å²) in [6.07, 6.45) is 7.08. The first-order valence-electron chi connectivity index (χ1n) is 9.38. The Morgan fingerprint density at radius 3 is 2.19 bits per heavy atom. The average Bonchev–Trinajstić information content (AvgIpc) is 3.01. The third-order valence-corrected chi connectivity index (χ3v) is 4.83. The van der Waals surface area contributed by atoms with Crippen molar-refractivity contribution in [3.63, 3.8) is 0 Å². The molecule has 5 nitrogen and oxygen atoms in total. The zero-order chi connectivity index (χ0) is 17.8. The van der Waals surface area contributed by atoms with Gasteiger partial charge in [0, 0.05) is 11.1 Å². The van der Waals surface area contributed by atoms with Crippen LogP contribution < -0.4 is 17.1 Å². The van der Waals surface area contributed by atoms with E-state index in [9.17, 15) is 9.59 Å². The van der Waals surface area contributed by atoms with Gasteiger partial charge in [-0.1, -0.05) is 56.9 Å². The summed E-state index contributed by atoms with van der Waals surface area (Å²) < 4.78 is 3.41. The number of aromatic nitrogens is 3. The van der Waals surface area contributed by atoms with E-state index in [0.717, 1.165) is 12.8 Å². The van der Waals surface area contributed by atoms with Crippen molar-refractivity contribution in [1.29, 1.82) is 0 Å². The van der Waals surface area contributed by atoms with Crippen LogP contribution in [0.3, 0.4) is 0 Å². The van der Waals surface area contributed by atoms with Crippen molar-refractivity contribution in [3.8, 4) is 0 Å². The molecule has 3 rings (SSSR count). The van der Waals surface area contributed by atoms with Gasteiger partial charge in [0.1, 0.15) is 13.1 Å². The second-order valence-electron chi connectivity index (χ2n) is 6.60. The summed E-state index contributed by atoms with van der Waals surface area (Å²) in [4.78, 5) is 25.8. The molecule has 0 saturated heterocycles. The lowest BCUT2D eigenvalue weighted by molar-refractivity contribution is -0.757. The number of fused-ring (bicyclic) bond motifs is 2. The van der Waals surface area contributed by atoms with E-state index in [1.165, 1.54) is 25.7 Å². The summed E-state index contributed by atoms with van der Waals surface area (Å²) in [6.45, 7) is 5.41. The predicted octanol–water partition coefficient (Wildman–Crippen LogP) is 0.330. The molecule has 26 heavy (non-hydrogen) atoms. The van der Waals surface area contributed by atoms with E-state index >= 15 is 0 Å². The maximum atomic E-state index is 13.0. The van der Waals surface area contributed by atoms with Gasteiger partial charge in [-0.2, -0.15) is 0 Å². The fraction of sp³-hybridized carbons (Fsp3) is 0.500. The quantitative estimate of drug-likeness (QED) is 0.421. The summed E-state index contributed by atoms with van der Waals surface area (Å²) in [5.74, 6) is -0.183. The van der Waals surface area contributed by atoms with E-state index in [4.69, 9.17) is 0 Å². The Hall–Kier alpha value is -2.01. The highest BCUT2D eigenvalue weighted by Gasteiger charge is 2.41. The Balaban J connectivity index is 0.00000243. The Morgan fingerprint density at radius 2 is 1.54 bits per heavy atom. The maximum Gasteiger partial charge on any atom is 0.249 e. The normalized spacial score (nSPS) is 12.5.